The van der Waals surface area contributed by atoms with Crippen LogP contribution in [0.1, 0.15) is 58.3 Å². The molecule has 0 aliphatic heterocycles. The van der Waals surface area contributed by atoms with E-state index in [0.717, 1.165) is 13.0 Å². The van der Waals surface area contributed by atoms with E-state index in [1.165, 1.54) is 44.9 Å². The molecular formula is C24H48O9. The molecule has 0 aliphatic rings. The maximum Gasteiger partial charge on any atom is 0.329 e. The molecule has 0 aromatic rings. The number of rotatable bonds is 29. The third-order valence-electron chi connectivity index (χ3n) is 4.60. The zero-order chi connectivity index (χ0) is 24.1. The molecule has 0 amide bonds. The van der Waals surface area contributed by atoms with Crippen LogP contribution in [0.4, 0.5) is 0 Å². The van der Waals surface area contributed by atoms with Crippen molar-refractivity contribution in [2.75, 3.05) is 92.5 Å². The number of unbranched alkanes of at least 4 members (excludes halogenated alkanes) is 7. The Bertz CT molecular complexity index is 383. The van der Waals surface area contributed by atoms with E-state index in [1.807, 2.05) is 0 Å². The van der Waals surface area contributed by atoms with E-state index in [0.29, 0.717) is 72.7 Å². The second-order valence-electron chi connectivity index (χ2n) is 7.60. The molecule has 9 heteroatoms. The van der Waals surface area contributed by atoms with Crippen molar-refractivity contribution in [1.82, 2.24) is 0 Å². The number of ether oxygens (including phenoxy) is 7. The molecule has 0 saturated heterocycles. The Morgan fingerprint density at radius 3 is 1.12 bits per heavy atom. The van der Waals surface area contributed by atoms with E-state index in [-0.39, 0.29) is 13.2 Å². The quantitative estimate of drug-likeness (QED) is 0.162. The van der Waals surface area contributed by atoms with Crippen molar-refractivity contribution >= 4 is 5.97 Å². The molecule has 0 spiro atoms. The normalized spacial score (nSPS) is 11.3. The van der Waals surface area contributed by atoms with E-state index in [9.17, 15) is 4.79 Å². The molecule has 0 saturated carbocycles. The lowest BCUT2D eigenvalue weighted by Gasteiger charge is -2.08. The fourth-order valence-corrected chi connectivity index (χ4v) is 2.82. The highest BCUT2D eigenvalue weighted by Crippen LogP contribution is 2.08. The van der Waals surface area contributed by atoms with Crippen LogP contribution < -0.4 is 0 Å². The minimum Gasteiger partial charge on any atom is -0.480 e. The summed E-state index contributed by atoms with van der Waals surface area (Å²) in [5.41, 5.74) is 0. The Balaban J connectivity index is 3.01. The first-order chi connectivity index (χ1) is 16.3. The summed E-state index contributed by atoms with van der Waals surface area (Å²) in [7, 11) is 0. The zero-order valence-corrected chi connectivity index (χ0v) is 20.8. The molecule has 1 N–H and O–H groups in total. The fraction of sp³-hybridized carbons (Fsp3) is 0.958. The van der Waals surface area contributed by atoms with Gasteiger partial charge in [-0.3, -0.25) is 0 Å². The van der Waals surface area contributed by atoms with Crippen LogP contribution >= 0.6 is 0 Å². The molecule has 0 aromatic heterocycles. The predicted molar refractivity (Wildman–Crippen MR) is 126 cm³/mol. The van der Waals surface area contributed by atoms with Gasteiger partial charge in [0.15, 0.2) is 0 Å². The molecule has 0 fully saturated rings. The summed E-state index contributed by atoms with van der Waals surface area (Å²) in [4.78, 5) is 10.2. The Labute approximate surface area is 200 Å². The predicted octanol–water partition coefficient (Wildman–Crippen LogP) is 3.33. The highest BCUT2D eigenvalue weighted by Gasteiger charge is 1.97. The summed E-state index contributed by atoms with van der Waals surface area (Å²) in [6.45, 7) is 8.65. The lowest BCUT2D eigenvalue weighted by Crippen LogP contribution is -2.15. The van der Waals surface area contributed by atoms with Crippen LogP contribution in [0.3, 0.4) is 0 Å². The first-order valence-electron chi connectivity index (χ1n) is 12.5. The summed E-state index contributed by atoms with van der Waals surface area (Å²) >= 11 is 0. The van der Waals surface area contributed by atoms with Crippen LogP contribution in [-0.4, -0.2) is 104 Å². The second kappa shape index (κ2) is 29.2. The molecule has 198 valence electrons. The molecule has 0 radical (unpaired) electrons. The van der Waals surface area contributed by atoms with Crippen molar-refractivity contribution in [3.63, 3.8) is 0 Å². The van der Waals surface area contributed by atoms with E-state index >= 15 is 0 Å². The van der Waals surface area contributed by atoms with Crippen molar-refractivity contribution < 1.29 is 43.1 Å². The number of hydrogen-bond donors (Lipinski definition) is 1. The number of carboxylic acid groups (broad SMARTS) is 1. The molecule has 0 atom stereocenters. The van der Waals surface area contributed by atoms with Crippen molar-refractivity contribution in [3.8, 4) is 0 Å². The van der Waals surface area contributed by atoms with Gasteiger partial charge in [0.25, 0.3) is 0 Å². The van der Waals surface area contributed by atoms with Crippen LogP contribution in [0.25, 0.3) is 0 Å². The molecule has 33 heavy (non-hydrogen) atoms. The number of carbonyl (C=O) groups is 1. The van der Waals surface area contributed by atoms with Gasteiger partial charge in [-0.2, -0.15) is 0 Å². The van der Waals surface area contributed by atoms with E-state index in [2.05, 4.69) is 6.92 Å². The molecule has 0 heterocycles. The van der Waals surface area contributed by atoms with Gasteiger partial charge in [0.05, 0.1) is 79.3 Å². The van der Waals surface area contributed by atoms with Gasteiger partial charge in [0.1, 0.15) is 6.61 Å². The van der Waals surface area contributed by atoms with E-state index in [1.54, 1.807) is 0 Å². The largest absolute Gasteiger partial charge is 0.480 e. The monoisotopic (exact) mass is 480 g/mol. The smallest absolute Gasteiger partial charge is 0.329 e. The maximum atomic E-state index is 10.2. The van der Waals surface area contributed by atoms with Gasteiger partial charge in [-0.25, -0.2) is 4.79 Å². The van der Waals surface area contributed by atoms with Crippen molar-refractivity contribution in [3.05, 3.63) is 0 Å². The summed E-state index contributed by atoms with van der Waals surface area (Å²) in [5.74, 6) is -0.984. The van der Waals surface area contributed by atoms with Gasteiger partial charge in [0, 0.05) is 6.61 Å². The molecule has 9 nitrogen and oxygen atoms in total. The first kappa shape index (κ1) is 32.2. The lowest BCUT2D eigenvalue weighted by atomic mass is 10.1. The second-order valence-corrected chi connectivity index (χ2v) is 7.60. The Kier molecular flexibility index (Phi) is 28.5. The highest BCUT2D eigenvalue weighted by molar-refractivity contribution is 5.67. The van der Waals surface area contributed by atoms with Gasteiger partial charge in [0.2, 0.25) is 0 Å². The molecule has 0 rings (SSSR count). The fourth-order valence-electron chi connectivity index (χ4n) is 2.82. The van der Waals surface area contributed by atoms with Crippen LogP contribution in [0.15, 0.2) is 0 Å². The number of hydrogen-bond acceptors (Lipinski definition) is 8. The minimum absolute atomic E-state index is 0.258. The standard InChI is InChI=1S/C24H48O9/c1-2-3-4-5-6-7-8-9-10-27-11-12-28-13-14-29-15-16-30-17-18-31-19-20-32-21-22-33-23-24(25)26/h2-23H2,1H3,(H,25,26). The maximum absolute atomic E-state index is 10.2. The summed E-state index contributed by atoms with van der Waals surface area (Å²) in [6, 6.07) is 0. The molecule has 0 unspecified atom stereocenters. The Morgan fingerprint density at radius 2 is 0.758 bits per heavy atom. The van der Waals surface area contributed by atoms with E-state index in [4.69, 9.17) is 38.3 Å². The van der Waals surface area contributed by atoms with Gasteiger partial charge in [-0.15, -0.1) is 0 Å². The Hall–Kier alpha value is -0.810. The van der Waals surface area contributed by atoms with Gasteiger partial charge in [-0.05, 0) is 6.42 Å². The third kappa shape index (κ3) is 31.2. The molecule has 0 bridgehead atoms. The van der Waals surface area contributed by atoms with E-state index < -0.39 is 5.97 Å². The lowest BCUT2D eigenvalue weighted by molar-refractivity contribution is -0.142. The van der Waals surface area contributed by atoms with Crippen LogP contribution in [-0.2, 0) is 38.0 Å². The summed E-state index contributed by atoms with van der Waals surface area (Å²) in [5, 5.41) is 8.40. The van der Waals surface area contributed by atoms with Crippen molar-refractivity contribution in [2.45, 2.75) is 58.3 Å². The van der Waals surface area contributed by atoms with Crippen molar-refractivity contribution in [1.29, 1.82) is 0 Å². The average Bonchev–Trinajstić information content (AvgIpc) is 2.80. The third-order valence-corrected chi connectivity index (χ3v) is 4.60. The van der Waals surface area contributed by atoms with Crippen LogP contribution in [0.2, 0.25) is 0 Å². The van der Waals surface area contributed by atoms with Crippen LogP contribution in [0.5, 0.6) is 0 Å². The summed E-state index contributed by atoms with van der Waals surface area (Å²) in [6.07, 6.45) is 10.5. The van der Waals surface area contributed by atoms with Gasteiger partial charge < -0.3 is 38.3 Å². The zero-order valence-electron chi connectivity index (χ0n) is 20.8. The van der Waals surface area contributed by atoms with Gasteiger partial charge >= 0.3 is 5.97 Å². The topological polar surface area (TPSA) is 102 Å². The SMILES string of the molecule is CCCCCCCCCCOCCOCCOCCOCCOCCOCCOCC(=O)O. The number of carboxylic acids is 1. The molecule has 0 aliphatic carbocycles. The summed E-state index contributed by atoms with van der Waals surface area (Å²) < 4.78 is 37.4. The first-order valence-corrected chi connectivity index (χ1v) is 12.5. The average molecular weight is 481 g/mol. The van der Waals surface area contributed by atoms with Crippen molar-refractivity contribution in [2.24, 2.45) is 0 Å². The molecular weight excluding hydrogens is 432 g/mol. The van der Waals surface area contributed by atoms with Gasteiger partial charge in [-0.1, -0.05) is 51.9 Å². The van der Waals surface area contributed by atoms with Crippen LogP contribution in [0, 0.1) is 0 Å². The molecule has 0 aromatic carbocycles. The minimum atomic E-state index is -0.984. The highest BCUT2D eigenvalue weighted by atomic mass is 16.6. The number of aliphatic carboxylic acids is 1. The Morgan fingerprint density at radius 1 is 0.455 bits per heavy atom.